The molecule has 2 N–H and O–H groups in total. The van der Waals surface area contributed by atoms with Crippen LogP contribution in [-0.2, 0) is 4.79 Å². The van der Waals surface area contributed by atoms with E-state index >= 15 is 0 Å². The minimum atomic E-state index is -0.929. The first-order valence-corrected chi connectivity index (χ1v) is 7.82. The summed E-state index contributed by atoms with van der Waals surface area (Å²) >= 11 is 0. The molecule has 2 rings (SSSR count). The van der Waals surface area contributed by atoms with Crippen LogP contribution in [0.4, 0.5) is 4.79 Å². The molecule has 5 nitrogen and oxygen atoms in total. The van der Waals surface area contributed by atoms with E-state index in [-0.39, 0.29) is 18.6 Å². The molecule has 2 amide bonds. The van der Waals surface area contributed by atoms with Crippen molar-refractivity contribution in [3.05, 3.63) is 0 Å². The van der Waals surface area contributed by atoms with Crippen molar-refractivity contribution < 1.29 is 14.7 Å². The maximum atomic E-state index is 12.3. The number of nitrogens with one attached hydrogen (secondary N) is 1. The van der Waals surface area contributed by atoms with E-state index in [0.29, 0.717) is 12.0 Å². The van der Waals surface area contributed by atoms with Gasteiger partial charge in [0.15, 0.2) is 0 Å². The summed E-state index contributed by atoms with van der Waals surface area (Å²) in [6.45, 7) is 2.68. The van der Waals surface area contributed by atoms with E-state index < -0.39 is 5.97 Å². The van der Waals surface area contributed by atoms with Crippen molar-refractivity contribution in [2.75, 3.05) is 13.1 Å². The van der Waals surface area contributed by atoms with Gasteiger partial charge in [0, 0.05) is 12.6 Å². The number of hydrogen-bond donors (Lipinski definition) is 2. The number of carbonyl (C=O) groups is 2. The number of carboxylic acids is 1. The molecule has 0 spiro atoms. The molecular weight excluding hydrogens is 256 g/mol. The van der Waals surface area contributed by atoms with Crippen LogP contribution in [0.2, 0.25) is 0 Å². The molecule has 2 fully saturated rings. The summed E-state index contributed by atoms with van der Waals surface area (Å²) in [6.07, 6.45) is 8.70. The van der Waals surface area contributed by atoms with E-state index in [2.05, 4.69) is 12.2 Å². The van der Waals surface area contributed by atoms with Gasteiger partial charge in [-0.3, -0.25) is 4.79 Å². The molecule has 20 heavy (non-hydrogen) atoms. The summed E-state index contributed by atoms with van der Waals surface area (Å²) in [5.74, 6) is -0.929. The molecule has 0 aromatic carbocycles. The van der Waals surface area contributed by atoms with Crippen LogP contribution in [0.1, 0.15) is 58.3 Å². The molecule has 0 bridgehead atoms. The number of urea groups is 1. The van der Waals surface area contributed by atoms with E-state index in [0.717, 1.165) is 38.5 Å². The Morgan fingerprint density at radius 3 is 2.45 bits per heavy atom. The van der Waals surface area contributed by atoms with Gasteiger partial charge in [0.2, 0.25) is 0 Å². The lowest BCUT2D eigenvalue weighted by Gasteiger charge is -2.28. The molecular formula is C15H26N2O3. The number of carboxylic acid groups (broad SMARTS) is 1. The predicted molar refractivity (Wildman–Crippen MR) is 76.6 cm³/mol. The Bertz CT molecular complexity index is 360. The maximum absolute atomic E-state index is 12.3. The molecule has 2 saturated carbocycles. The van der Waals surface area contributed by atoms with Crippen molar-refractivity contribution in [1.29, 1.82) is 0 Å². The topological polar surface area (TPSA) is 69.6 Å². The molecule has 0 saturated heterocycles. The minimum Gasteiger partial charge on any atom is -0.480 e. The lowest BCUT2D eigenvalue weighted by molar-refractivity contribution is -0.138. The highest BCUT2D eigenvalue weighted by Crippen LogP contribution is 2.48. The molecule has 0 heterocycles. The summed E-state index contributed by atoms with van der Waals surface area (Å²) in [4.78, 5) is 24.8. The molecule has 0 aliphatic heterocycles. The largest absolute Gasteiger partial charge is 0.480 e. The van der Waals surface area contributed by atoms with Gasteiger partial charge in [-0.15, -0.1) is 0 Å². The number of nitrogens with zero attached hydrogens (tertiary/aromatic N) is 1. The fourth-order valence-electron chi connectivity index (χ4n) is 3.32. The minimum absolute atomic E-state index is 0.104. The zero-order valence-corrected chi connectivity index (χ0v) is 12.4. The smallest absolute Gasteiger partial charge is 0.323 e. The fraction of sp³-hybridized carbons (Fsp3) is 0.867. The van der Waals surface area contributed by atoms with Gasteiger partial charge in [-0.2, -0.15) is 0 Å². The highest BCUT2D eigenvalue weighted by atomic mass is 16.4. The van der Waals surface area contributed by atoms with Gasteiger partial charge in [-0.25, -0.2) is 4.79 Å². The second kappa shape index (κ2) is 6.46. The average Bonchev–Trinajstić information content (AvgIpc) is 2.96. The standard InChI is InChI=1S/C15H26N2O3/c1-2-7-15(8-9-15)11-16-14(20)17(10-13(18)19)12-5-3-4-6-12/h12H,2-11H2,1H3,(H,16,20)(H,18,19). The third-order valence-corrected chi connectivity index (χ3v) is 4.68. The Hall–Kier alpha value is -1.26. The molecule has 2 aliphatic rings. The van der Waals surface area contributed by atoms with Crippen molar-refractivity contribution >= 4 is 12.0 Å². The van der Waals surface area contributed by atoms with Gasteiger partial charge in [0.1, 0.15) is 6.54 Å². The number of rotatable bonds is 7. The molecule has 0 radical (unpaired) electrons. The quantitative estimate of drug-likeness (QED) is 0.754. The highest BCUT2D eigenvalue weighted by Gasteiger charge is 2.42. The van der Waals surface area contributed by atoms with Crippen molar-refractivity contribution in [2.45, 2.75) is 64.3 Å². The van der Waals surface area contributed by atoms with Crippen LogP contribution in [0, 0.1) is 5.41 Å². The molecule has 2 aliphatic carbocycles. The Kier molecular flexibility index (Phi) is 4.89. The molecule has 0 atom stereocenters. The molecule has 5 heteroatoms. The Balaban J connectivity index is 1.87. The van der Waals surface area contributed by atoms with E-state index in [1.54, 1.807) is 0 Å². The lowest BCUT2D eigenvalue weighted by atomic mass is 10.0. The SMILES string of the molecule is CCCC1(CNC(=O)N(CC(=O)O)C2CCCC2)CC1. The van der Waals surface area contributed by atoms with Crippen LogP contribution in [0.5, 0.6) is 0 Å². The zero-order valence-electron chi connectivity index (χ0n) is 12.4. The summed E-state index contributed by atoms with van der Waals surface area (Å²) in [5, 5.41) is 12.0. The lowest BCUT2D eigenvalue weighted by Crippen LogP contribution is -2.48. The number of carbonyl (C=O) groups excluding carboxylic acids is 1. The molecule has 0 aromatic rings. The summed E-state index contributed by atoms with van der Waals surface area (Å²) in [5.41, 5.74) is 0.301. The van der Waals surface area contributed by atoms with Crippen molar-refractivity contribution in [1.82, 2.24) is 10.2 Å². The fourth-order valence-corrected chi connectivity index (χ4v) is 3.32. The normalized spacial score (nSPS) is 20.6. The van der Waals surface area contributed by atoms with Crippen molar-refractivity contribution in [2.24, 2.45) is 5.41 Å². The van der Waals surface area contributed by atoms with Gasteiger partial charge in [-0.05, 0) is 37.5 Å². The highest BCUT2D eigenvalue weighted by molar-refractivity contribution is 5.80. The first-order chi connectivity index (χ1) is 9.56. The van der Waals surface area contributed by atoms with Gasteiger partial charge in [-0.1, -0.05) is 26.2 Å². The van der Waals surface area contributed by atoms with E-state index in [4.69, 9.17) is 5.11 Å². The molecule has 114 valence electrons. The number of hydrogen-bond acceptors (Lipinski definition) is 2. The van der Waals surface area contributed by atoms with Gasteiger partial charge < -0.3 is 15.3 Å². The van der Waals surface area contributed by atoms with Gasteiger partial charge in [0.05, 0.1) is 0 Å². The summed E-state index contributed by atoms with van der Waals surface area (Å²) in [7, 11) is 0. The number of aliphatic carboxylic acids is 1. The predicted octanol–water partition coefficient (Wildman–Crippen LogP) is 2.61. The van der Waals surface area contributed by atoms with Crippen LogP contribution in [0.25, 0.3) is 0 Å². The van der Waals surface area contributed by atoms with Crippen LogP contribution in [0.15, 0.2) is 0 Å². The van der Waals surface area contributed by atoms with Crippen LogP contribution < -0.4 is 5.32 Å². The second-order valence-electron chi connectivity index (χ2n) is 6.37. The van der Waals surface area contributed by atoms with Crippen LogP contribution >= 0.6 is 0 Å². The molecule has 0 aromatic heterocycles. The van der Waals surface area contributed by atoms with Gasteiger partial charge in [0.25, 0.3) is 0 Å². The van der Waals surface area contributed by atoms with Crippen molar-refractivity contribution in [3.63, 3.8) is 0 Å². The average molecular weight is 282 g/mol. The first-order valence-electron chi connectivity index (χ1n) is 7.82. The Morgan fingerprint density at radius 1 is 1.30 bits per heavy atom. The molecule has 0 unspecified atom stereocenters. The monoisotopic (exact) mass is 282 g/mol. The van der Waals surface area contributed by atoms with Crippen molar-refractivity contribution in [3.8, 4) is 0 Å². The third kappa shape index (κ3) is 3.87. The van der Waals surface area contributed by atoms with E-state index in [1.807, 2.05) is 0 Å². The summed E-state index contributed by atoms with van der Waals surface area (Å²) < 4.78 is 0. The summed E-state index contributed by atoms with van der Waals surface area (Å²) in [6, 6.07) is -0.0888. The van der Waals surface area contributed by atoms with E-state index in [9.17, 15) is 9.59 Å². The Labute approximate surface area is 120 Å². The first kappa shape index (κ1) is 15.1. The van der Waals surface area contributed by atoms with Gasteiger partial charge >= 0.3 is 12.0 Å². The van der Waals surface area contributed by atoms with E-state index in [1.165, 1.54) is 17.7 Å². The maximum Gasteiger partial charge on any atom is 0.323 e. The number of amides is 2. The third-order valence-electron chi connectivity index (χ3n) is 4.68. The van der Waals surface area contributed by atoms with Crippen LogP contribution in [0.3, 0.4) is 0 Å². The van der Waals surface area contributed by atoms with Crippen LogP contribution in [-0.4, -0.2) is 41.1 Å². The second-order valence-corrected chi connectivity index (χ2v) is 6.37. The zero-order chi connectivity index (χ0) is 14.6. The Morgan fingerprint density at radius 2 is 1.95 bits per heavy atom.